The van der Waals surface area contributed by atoms with Crippen molar-refractivity contribution in [3.05, 3.63) is 58.4 Å². The van der Waals surface area contributed by atoms with E-state index in [0.717, 1.165) is 18.4 Å². The predicted octanol–water partition coefficient (Wildman–Crippen LogP) is 4.04. The highest BCUT2D eigenvalue weighted by Crippen LogP contribution is 2.41. The molecule has 0 bridgehead atoms. The van der Waals surface area contributed by atoms with Crippen LogP contribution in [0.15, 0.2) is 36.5 Å². The molecule has 2 N–H and O–H groups in total. The van der Waals surface area contributed by atoms with Crippen molar-refractivity contribution in [2.75, 3.05) is 12.4 Å². The molecule has 2 aromatic rings. The number of aromatic nitrogens is 1. The first-order valence-corrected chi connectivity index (χ1v) is 11.1. The zero-order valence-corrected chi connectivity index (χ0v) is 18.7. The Bertz CT molecular complexity index is 1040. The van der Waals surface area contributed by atoms with E-state index in [-0.39, 0.29) is 24.6 Å². The highest BCUT2D eigenvalue weighted by molar-refractivity contribution is 6.30. The van der Waals surface area contributed by atoms with E-state index < -0.39 is 30.1 Å². The summed E-state index contributed by atoms with van der Waals surface area (Å²) >= 11 is 6.05. The molecule has 2 heterocycles. The Kier molecular flexibility index (Phi) is 6.52. The summed E-state index contributed by atoms with van der Waals surface area (Å²) in [4.78, 5) is 29.4. The lowest BCUT2D eigenvalue weighted by atomic mass is 9.96. The largest absolute Gasteiger partial charge is 0.414 e. The summed E-state index contributed by atoms with van der Waals surface area (Å²) in [5.74, 6) is -1.32. The highest BCUT2D eigenvalue weighted by atomic mass is 35.5. The number of anilines is 1. The van der Waals surface area contributed by atoms with Crippen LogP contribution in [-0.2, 0) is 22.4 Å². The first-order valence-electron chi connectivity index (χ1n) is 10.8. The second kappa shape index (κ2) is 9.21. The minimum Gasteiger partial charge on any atom is -0.380 e. The van der Waals surface area contributed by atoms with Crippen molar-refractivity contribution in [1.82, 2.24) is 15.2 Å². The molecule has 2 amide bonds. The van der Waals surface area contributed by atoms with Gasteiger partial charge in [-0.25, -0.2) is 0 Å². The molecule has 33 heavy (non-hydrogen) atoms. The van der Waals surface area contributed by atoms with Gasteiger partial charge in [-0.1, -0.05) is 17.7 Å². The van der Waals surface area contributed by atoms with Crippen LogP contribution < -0.4 is 10.6 Å². The first kappa shape index (κ1) is 23.4. The van der Waals surface area contributed by atoms with Crippen molar-refractivity contribution in [3.8, 4) is 0 Å². The minimum atomic E-state index is -4.78. The number of hydrogen-bond acceptors (Lipinski definition) is 4. The van der Waals surface area contributed by atoms with E-state index >= 15 is 0 Å². The van der Waals surface area contributed by atoms with Gasteiger partial charge in [0.25, 0.3) is 0 Å². The number of nitrogens with one attached hydrogen (secondary N) is 2. The Balaban J connectivity index is 1.55. The van der Waals surface area contributed by atoms with Crippen molar-refractivity contribution in [2.45, 2.75) is 56.4 Å². The summed E-state index contributed by atoms with van der Waals surface area (Å²) in [7, 11) is 1.34. The second-order valence-electron chi connectivity index (χ2n) is 8.40. The number of hydrogen-bond donors (Lipinski definition) is 2. The van der Waals surface area contributed by atoms with E-state index in [1.54, 1.807) is 0 Å². The average molecular weight is 481 g/mol. The monoisotopic (exact) mass is 480 g/mol. The maximum Gasteiger partial charge on any atom is 0.414 e. The standard InChI is InChI=1S/C23H24ClF3N4O2/c1-28-22(33)19-3-2-4-20(32)31(19)21(23(25,26)27)18-8-7-16(12-29-18)30-17-10-13-5-6-15(24)9-14(13)11-17/h5-9,12,17,19,21,30H,2-4,10-11H2,1H3,(H,28,33). The zero-order chi connectivity index (χ0) is 23.8. The van der Waals surface area contributed by atoms with Crippen molar-refractivity contribution >= 4 is 29.1 Å². The smallest absolute Gasteiger partial charge is 0.380 e. The zero-order valence-electron chi connectivity index (χ0n) is 18.0. The molecular formula is C23H24ClF3N4O2. The lowest BCUT2D eigenvalue weighted by molar-refractivity contribution is -0.201. The summed E-state index contributed by atoms with van der Waals surface area (Å²) in [5.41, 5.74) is 2.59. The highest BCUT2D eigenvalue weighted by Gasteiger charge is 2.51. The fourth-order valence-corrected chi connectivity index (χ4v) is 4.88. The fraction of sp³-hybridized carbons (Fsp3) is 0.435. The van der Waals surface area contributed by atoms with Crippen molar-refractivity contribution in [3.63, 3.8) is 0 Å². The van der Waals surface area contributed by atoms with E-state index in [1.165, 1.54) is 30.9 Å². The SMILES string of the molecule is CNC(=O)C1CCCC(=O)N1C(c1ccc(NC2Cc3ccc(Cl)cc3C2)cn1)C(F)(F)F. The molecule has 10 heteroatoms. The van der Waals surface area contributed by atoms with Crippen molar-refractivity contribution < 1.29 is 22.8 Å². The molecule has 1 aliphatic carbocycles. The van der Waals surface area contributed by atoms with Gasteiger partial charge < -0.3 is 15.5 Å². The Morgan fingerprint density at radius 2 is 1.97 bits per heavy atom. The lowest BCUT2D eigenvalue weighted by Gasteiger charge is -2.40. The van der Waals surface area contributed by atoms with Crippen LogP contribution in [0, 0.1) is 0 Å². The van der Waals surface area contributed by atoms with Gasteiger partial charge in [0, 0.05) is 24.5 Å². The third-order valence-corrected chi connectivity index (χ3v) is 6.40. The quantitative estimate of drug-likeness (QED) is 0.677. The van der Waals surface area contributed by atoms with Crippen LogP contribution in [0.1, 0.15) is 42.1 Å². The van der Waals surface area contributed by atoms with Crippen LogP contribution >= 0.6 is 11.6 Å². The number of alkyl halides is 3. The normalized spacial score (nSPS) is 21.5. The van der Waals surface area contributed by atoms with Gasteiger partial charge in [-0.15, -0.1) is 0 Å². The number of amides is 2. The molecule has 3 atom stereocenters. The number of benzene rings is 1. The maximum atomic E-state index is 14.1. The molecule has 2 aliphatic rings. The molecule has 4 rings (SSSR count). The van der Waals surface area contributed by atoms with Crippen LogP contribution in [0.3, 0.4) is 0 Å². The number of rotatable bonds is 5. The van der Waals surface area contributed by atoms with Gasteiger partial charge in [-0.05, 0) is 61.1 Å². The van der Waals surface area contributed by atoms with Crippen molar-refractivity contribution in [1.29, 1.82) is 0 Å². The maximum absolute atomic E-state index is 14.1. The Morgan fingerprint density at radius 3 is 2.64 bits per heavy atom. The number of carbonyl (C=O) groups is 2. The second-order valence-corrected chi connectivity index (χ2v) is 8.84. The average Bonchev–Trinajstić information content (AvgIpc) is 3.16. The third kappa shape index (κ3) is 4.93. The number of carbonyl (C=O) groups excluding carboxylic acids is 2. The number of fused-ring (bicyclic) bond motifs is 1. The molecule has 1 aliphatic heterocycles. The van der Waals surface area contributed by atoms with Gasteiger partial charge in [0.1, 0.15) is 6.04 Å². The van der Waals surface area contributed by atoms with Gasteiger partial charge in [-0.2, -0.15) is 13.2 Å². The van der Waals surface area contributed by atoms with E-state index in [2.05, 4.69) is 15.6 Å². The minimum absolute atomic E-state index is 0.0357. The molecule has 0 radical (unpaired) electrons. The van der Waals surface area contributed by atoms with Crippen LogP contribution in [0.25, 0.3) is 0 Å². The molecule has 6 nitrogen and oxygen atoms in total. The summed E-state index contributed by atoms with van der Waals surface area (Å²) < 4.78 is 42.4. The van der Waals surface area contributed by atoms with E-state index in [4.69, 9.17) is 11.6 Å². The predicted molar refractivity (Wildman–Crippen MR) is 118 cm³/mol. The number of halogens is 4. The molecule has 1 fully saturated rings. The molecule has 1 aromatic heterocycles. The Hall–Kier alpha value is -2.81. The summed E-state index contributed by atoms with van der Waals surface area (Å²) in [6, 6.07) is 5.13. The molecule has 0 spiro atoms. The molecule has 1 saturated heterocycles. The number of nitrogens with zero attached hydrogens (tertiary/aromatic N) is 2. The molecule has 3 unspecified atom stereocenters. The van der Waals surface area contributed by atoms with E-state index in [0.29, 0.717) is 22.0 Å². The van der Waals surface area contributed by atoms with E-state index in [1.807, 2.05) is 18.2 Å². The molecular weight excluding hydrogens is 457 g/mol. The van der Waals surface area contributed by atoms with Gasteiger partial charge in [0.2, 0.25) is 11.8 Å². The summed E-state index contributed by atoms with van der Waals surface area (Å²) in [5, 5.41) is 6.34. The number of likely N-dealkylation sites (tertiary alicyclic amines) is 1. The molecule has 0 saturated carbocycles. The lowest BCUT2D eigenvalue weighted by Crippen LogP contribution is -2.55. The number of pyridine rings is 1. The van der Waals surface area contributed by atoms with Crippen LogP contribution in [0.5, 0.6) is 0 Å². The van der Waals surface area contributed by atoms with E-state index in [9.17, 15) is 22.8 Å². The fourth-order valence-electron chi connectivity index (χ4n) is 4.68. The molecule has 1 aromatic carbocycles. The van der Waals surface area contributed by atoms with Crippen LogP contribution in [0.2, 0.25) is 5.02 Å². The van der Waals surface area contributed by atoms with Crippen molar-refractivity contribution in [2.24, 2.45) is 0 Å². The van der Waals surface area contributed by atoms with Gasteiger partial charge in [0.05, 0.1) is 17.6 Å². The topological polar surface area (TPSA) is 74.3 Å². The Morgan fingerprint density at radius 1 is 1.21 bits per heavy atom. The third-order valence-electron chi connectivity index (χ3n) is 6.17. The number of piperidine rings is 1. The summed E-state index contributed by atoms with van der Waals surface area (Å²) in [6.45, 7) is 0. The first-order chi connectivity index (χ1) is 15.7. The molecule has 176 valence electrons. The van der Waals surface area contributed by atoms with Gasteiger partial charge in [-0.3, -0.25) is 14.6 Å². The van der Waals surface area contributed by atoms with Crippen LogP contribution in [-0.4, -0.2) is 47.0 Å². The summed E-state index contributed by atoms with van der Waals surface area (Å²) in [6.07, 6.45) is -1.42. The Labute approximate surface area is 194 Å². The van der Waals surface area contributed by atoms with Gasteiger partial charge >= 0.3 is 6.18 Å². The van der Waals surface area contributed by atoms with Crippen LogP contribution in [0.4, 0.5) is 18.9 Å². The van der Waals surface area contributed by atoms with Gasteiger partial charge in [0.15, 0.2) is 6.04 Å². The number of likely N-dealkylation sites (N-methyl/N-ethyl adjacent to an activating group) is 1.